The number of rotatable bonds is 5. The Morgan fingerprint density at radius 3 is 2.68 bits per heavy atom. The molecule has 0 radical (unpaired) electrons. The summed E-state index contributed by atoms with van der Waals surface area (Å²) in [6.07, 6.45) is 5.03. The molecule has 8 heteroatoms. The molecule has 2 aromatic rings. The molecule has 0 aliphatic carbocycles. The lowest BCUT2D eigenvalue weighted by Gasteiger charge is -2.13. The normalized spacial score (nSPS) is 15.4. The Balaban J connectivity index is 1.85. The molecule has 1 N–H and O–H groups in total. The second-order valence-electron chi connectivity index (χ2n) is 5.03. The highest BCUT2D eigenvalue weighted by atomic mass is 79.9. The van der Waals surface area contributed by atoms with Gasteiger partial charge in [-0.1, -0.05) is 0 Å². The first-order chi connectivity index (χ1) is 12.1. The summed E-state index contributed by atoms with van der Waals surface area (Å²) in [4.78, 5) is 27.2. The number of amides is 2. The number of halogens is 1. The Morgan fingerprint density at radius 1 is 1.28 bits per heavy atom. The predicted molar refractivity (Wildman–Crippen MR) is 98.4 cm³/mol. The molecular formula is C17H13BrN2O4S. The van der Waals surface area contributed by atoms with Gasteiger partial charge < -0.3 is 9.47 Å². The number of carbonyl (C=O) groups is 2. The first-order valence-corrected chi connectivity index (χ1v) is 8.82. The number of imide groups is 1. The van der Waals surface area contributed by atoms with Crippen LogP contribution in [0.3, 0.4) is 0 Å². The Morgan fingerprint density at radius 2 is 2.04 bits per heavy atom. The molecule has 3 rings (SSSR count). The Hall–Kier alpha value is -2.32. The fourth-order valence-electron chi connectivity index (χ4n) is 2.17. The average molecular weight is 421 g/mol. The van der Waals surface area contributed by atoms with Gasteiger partial charge in [0.25, 0.3) is 11.1 Å². The van der Waals surface area contributed by atoms with Crippen LogP contribution in [-0.2, 0) is 11.4 Å². The molecule has 1 aromatic carbocycles. The van der Waals surface area contributed by atoms with Gasteiger partial charge in [-0.25, -0.2) is 0 Å². The lowest BCUT2D eigenvalue weighted by molar-refractivity contribution is -0.115. The van der Waals surface area contributed by atoms with Crippen LogP contribution in [0.5, 0.6) is 11.5 Å². The molecule has 0 atom stereocenters. The zero-order chi connectivity index (χ0) is 17.8. The number of hydrogen-bond acceptors (Lipinski definition) is 6. The van der Waals surface area contributed by atoms with Gasteiger partial charge in [0.15, 0.2) is 11.5 Å². The van der Waals surface area contributed by atoms with E-state index in [0.717, 1.165) is 17.3 Å². The van der Waals surface area contributed by atoms with Gasteiger partial charge in [0.2, 0.25) is 0 Å². The number of pyridine rings is 1. The van der Waals surface area contributed by atoms with Crippen LogP contribution in [0, 0.1) is 0 Å². The lowest BCUT2D eigenvalue weighted by Crippen LogP contribution is -2.17. The van der Waals surface area contributed by atoms with Crippen molar-refractivity contribution in [1.82, 2.24) is 10.3 Å². The van der Waals surface area contributed by atoms with Gasteiger partial charge in [0, 0.05) is 12.4 Å². The highest BCUT2D eigenvalue weighted by Gasteiger charge is 2.25. The van der Waals surface area contributed by atoms with Crippen molar-refractivity contribution in [3.05, 3.63) is 57.2 Å². The number of nitrogens with one attached hydrogen (secondary N) is 1. The largest absolute Gasteiger partial charge is 0.493 e. The maximum absolute atomic E-state index is 11.7. The van der Waals surface area contributed by atoms with Gasteiger partial charge >= 0.3 is 0 Å². The second kappa shape index (κ2) is 7.71. The summed E-state index contributed by atoms with van der Waals surface area (Å²) in [5.41, 5.74) is 1.69. The second-order valence-corrected chi connectivity index (χ2v) is 6.90. The predicted octanol–water partition coefficient (Wildman–Crippen LogP) is 3.76. The molecule has 128 valence electrons. The molecule has 1 aliphatic heterocycles. The maximum atomic E-state index is 11.7. The zero-order valence-corrected chi connectivity index (χ0v) is 15.5. The van der Waals surface area contributed by atoms with Crippen LogP contribution in [-0.4, -0.2) is 23.2 Å². The molecule has 0 unspecified atom stereocenters. The monoisotopic (exact) mass is 420 g/mol. The van der Waals surface area contributed by atoms with E-state index in [0.29, 0.717) is 33.0 Å². The molecule has 2 heterocycles. The van der Waals surface area contributed by atoms with E-state index in [9.17, 15) is 9.59 Å². The minimum atomic E-state index is -0.400. The third kappa shape index (κ3) is 4.21. The molecule has 0 saturated carbocycles. The van der Waals surface area contributed by atoms with Crippen molar-refractivity contribution in [1.29, 1.82) is 0 Å². The van der Waals surface area contributed by atoms with Crippen molar-refractivity contribution in [2.75, 3.05) is 7.11 Å². The topological polar surface area (TPSA) is 77.5 Å². The van der Waals surface area contributed by atoms with Gasteiger partial charge in [0.1, 0.15) is 6.61 Å². The maximum Gasteiger partial charge on any atom is 0.290 e. The Bertz CT molecular complexity index is 855. The molecule has 6 nitrogen and oxygen atoms in total. The summed E-state index contributed by atoms with van der Waals surface area (Å²) < 4.78 is 11.9. The standard InChI is InChI=1S/C17H13BrN2O4S/c1-23-13-7-11(8-14-16(21)20-17(22)25-14)6-12(18)15(13)24-9-10-2-4-19-5-3-10/h2-8H,9H2,1H3,(H,20,21,22)/b14-8+. The van der Waals surface area contributed by atoms with Gasteiger partial charge in [0.05, 0.1) is 16.5 Å². The zero-order valence-electron chi connectivity index (χ0n) is 13.1. The quantitative estimate of drug-likeness (QED) is 0.741. The van der Waals surface area contributed by atoms with Gasteiger partial charge in [-0.15, -0.1) is 0 Å². The molecule has 1 fully saturated rings. The minimum Gasteiger partial charge on any atom is -0.493 e. The van der Waals surface area contributed by atoms with Crippen LogP contribution in [0.25, 0.3) is 6.08 Å². The van der Waals surface area contributed by atoms with Crippen LogP contribution >= 0.6 is 27.7 Å². The van der Waals surface area contributed by atoms with E-state index in [-0.39, 0.29) is 5.24 Å². The van der Waals surface area contributed by atoms with E-state index in [1.807, 2.05) is 12.1 Å². The van der Waals surface area contributed by atoms with Gasteiger partial charge in [-0.2, -0.15) is 0 Å². The van der Waals surface area contributed by atoms with Crippen molar-refractivity contribution >= 4 is 44.9 Å². The number of benzene rings is 1. The van der Waals surface area contributed by atoms with Crippen molar-refractivity contribution in [3.8, 4) is 11.5 Å². The van der Waals surface area contributed by atoms with E-state index in [2.05, 4.69) is 26.2 Å². The lowest BCUT2D eigenvalue weighted by atomic mass is 10.2. The van der Waals surface area contributed by atoms with E-state index < -0.39 is 5.91 Å². The first-order valence-electron chi connectivity index (χ1n) is 7.21. The van der Waals surface area contributed by atoms with E-state index in [1.54, 1.807) is 37.7 Å². The van der Waals surface area contributed by atoms with Crippen molar-refractivity contribution in [3.63, 3.8) is 0 Å². The molecule has 0 bridgehead atoms. The highest BCUT2D eigenvalue weighted by Crippen LogP contribution is 2.38. The summed E-state index contributed by atoms with van der Waals surface area (Å²) in [6.45, 7) is 0.366. The van der Waals surface area contributed by atoms with E-state index in [1.165, 1.54) is 0 Å². The van der Waals surface area contributed by atoms with Crippen molar-refractivity contribution in [2.45, 2.75) is 6.61 Å². The van der Waals surface area contributed by atoms with Crippen LogP contribution in [0.15, 0.2) is 46.0 Å². The number of nitrogens with zero attached hydrogens (tertiary/aromatic N) is 1. The van der Waals surface area contributed by atoms with Gasteiger partial charge in [-0.3, -0.25) is 19.9 Å². The van der Waals surface area contributed by atoms with Crippen LogP contribution in [0.2, 0.25) is 0 Å². The third-order valence-electron chi connectivity index (χ3n) is 3.32. The SMILES string of the molecule is COc1cc(/C=C2/SC(=O)NC2=O)cc(Br)c1OCc1ccncc1. The Kier molecular flexibility index (Phi) is 5.40. The fraction of sp³-hybridized carbons (Fsp3) is 0.118. The number of ether oxygens (including phenoxy) is 2. The summed E-state index contributed by atoms with van der Waals surface area (Å²) in [6, 6.07) is 7.28. The number of thioether (sulfide) groups is 1. The van der Waals surface area contributed by atoms with Crippen molar-refractivity contribution in [2.24, 2.45) is 0 Å². The highest BCUT2D eigenvalue weighted by molar-refractivity contribution is 9.10. The number of carbonyl (C=O) groups excluding carboxylic acids is 2. The Labute approximate surface area is 156 Å². The number of methoxy groups -OCH3 is 1. The van der Waals surface area contributed by atoms with E-state index >= 15 is 0 Å². The number of aromatic nitrogens is 1. The minimum absolute atomic E-state index is 0.337. The van der Waals surface area contributed by atoms with E-state index in [4.69, 9.17) is 9.47 Å². The molecule has 1 aliphatic rings. The first kappa shape index (κ1) is 17.5. The van der Waals surface area contributed by atoms with Crippen LogP contribution in [0.4, 0.5) is 4.79 Å². The molecular weight excluding hydrogens is 408 g/mol. The molecule has 25 heavy (non-hydrogen) atoms. The molecule has 1 saturated heterocycles. The van der Waals surface area contributed by atoms with Crippen LogP contribution in [0.1, 0.15) is 11.1 Å². The number of hydrogen-bond donors (Lipinski definition) is 1. The molecule has 1 aromatic heterocycles. The summed E-state index contributed by atoms with van der Waals surface area (Å²) in [5, 5.41) is 1.85. The van der Waals surface area contributed by atoms with Crippen molar-refractivity contribution < 1.29 is 19.1 Å². The average Bonchev–Trinajstić information content (AvgIpc) is 2.91. The molecule has 2 amide bonds. The summed E-state index contributed by atoms with van der Waals surface area (Å²) in [7, 11) is 1.54. The summed E-state index contributed by atoms with van der Waals surface area (Å²) in [5.74, 6) is 0.675. The van der Waals surface area contributed by atoms with Gasteiger partial charge in [-0.05, 0) is 69.2 Å². The fourth-order valence-corrected chi connectivity index (χ4v) is 3.43. The smallest absolute Gasteiger partial charge is 0.290 e. The van der Waals surface area contributed by atoms with Crippen LogP contribution < -0.4 is 14.8 Å². The summed E-state index contributed by atoms with van der Waals surface area (Å²) >= 11 is 4.34. The molecule has 0 spiro atoms. The third-order valence-corrected chi connectivity index (χ3v) is 4.72.